The Morgan fingerprint density at radius 2 is 2.12 bits per heavy atom. The van der Waals surface area contributed by atoms with Crippen LogP contribution in [0.15, 0.2) is 21.9 Å². The summed E-state index contributed by atoms with van der Waals surface area (Å²) >= 11 is 0. The van der Waals surface area contributed by atoms with Crippen molar-refractivity contribution in [2.75, 3.05) is 0 Å². The number of rotatable bonds is 4. The molecular weight excluding hydrogens is 328 g/mol. The summed E-state index contributed by atoms with van der Waals surface area (Å²) in [6.45, 7) is 8.67. The van der Waals surface area contributed by atoms with E-state index >= 15 is 0 Å². The molecule has 0 saturated heterocycles. The van der Waals surface area contributed by atoms with E-state index in [4.69, 9.17) is 4.42 Å². The van der Waals surface area contributed by atoms with Crippen LogP contribution in [-0.2, 0) is 34.8 Å². The molecular formula is C16H24N4O3S. The van der Waals surface area contributed by atoms with Crippen LogP contribution in [0.4, 0.5) is 0 Å². The second kappa shape index (κ2) is 6.00. The van der Waals surface area contributed by atoms with Crippen LogP contribution in [0.1, 0.15) is 51.3 Å². The van der Waals surface area contributed by atoms with Crippen molar-refractivity contribution in [2.45, 2.75) is 70.1 Å². The molecule has 8 heteroatoms. The minimum Gasteiger partial charge on any atom is -0.427 e. The third kappa shape index (κ3) is 3.25. The highest BCUT2D eigenvalue weighted by Crippen LogP contribution is 2.25. The Bertz CT molecular complexity index is 830. The van der Waals surface area contributed by atoms with E-state index in [2.05, 4.69) is 21.7 Å². The largest absolute Gasteiger partial charge is 0.427 e. The van der Waals surface area contributed by atoms with Crippen LogP contribution < -0.4 is 4.72 Å². The molecule has 0 fully saturated rings. The SMILES string of the molecule is CCn1ncc2c1CCC(NS(=O)(=O)c1cnc(C(C)(C)C)o1)C2. The van der Waals surface area contributed by atoms with Gasteiger partial charge in [-0.2, -0.15) is 5.10 Å². The van der Waals surface area contributed by atoms with Gasteiger partial charge in [-0.05, 0) is 31.7 Å². The van der Waals surface area contributed by atoms with Gasteiger partial charge in [0.15, 0.2) is 0 Å². The zero-order valence-corrected chi connectivity index (χ0v) is 15.4. The number of fused-ring (bicyclic) bond motifs is 1. The van der Waals surface area contributed by atoms with Gasteiger partial charge in [-0.25, -0.2) is 18.1 Å². The first kappa shape index (κ1) is 17.2. The first-order valence-electron chi connectivity index (χ1n) is 8.23. The highest BCUT2D eigenvalue weighted by atomic mass is 32.2. The predicted molar refractivity (Wildman–Crippen MR) is 89.2 cm³/mol. The fourth-order valence-corrected chi connectivity index (χ4v) is 4.11. The van der Waals surface area contributed by atoms with Crippen LogP contribution >= 0.6 is 0 Å². The topological polar surface area (TPSA) is 90.0 Å². The van der Waals surface area contributed by atoms with Gasteiger partial charge >= 0.3 is 0 Å². The zero-order valence-electron chi connectivity index (χ0n) is 14.5. The summed E-state index contributed by atoms with van der Waals surface area (Å²) in [5.74, 6) is 0.415. The third-order valence-electron chi connectivity index (χ3n) is 4.24. The van der Waals surface area contributed by atoms with Crippen LogP contribution in [0.2, 0.25) is 0 Å². The quantitative estimate of drug-likeness (QED) is 0.909. The van der Waals surface area contributed by atoms with Gasteiger partial charge in [0, 0.05) is 23.7 Å². The van der Waals surface area contributed by atoms with E-state index in [-0.39, 0.29) is 16.5 Å². The summed E-state index contributed by atoms with van der Waals surface area (Å²) in [4.78, 5) is 4.10. The number of hydrogen-bond acceptors (Lipinski definition) is 5. The molecule has 2 aromatic rings. The number of oxazole rings is 1. The molecule has 0 aromatic carbocycles. The summed E-state index contributed by atoms with van der Waals surface area (Å²) in [6, 6.07) is -0.153. The molecule has 2 aromatic heterocycles. The summed E-state index contributed by atoms with van der Waals surface area (Å²) in [5, 5.41) is 4.22. The van der Waals surface area contributed by atoms with Crippen molar-refractivity contribution in [2.24, 2.45) is 0 Å². The lowest BCUT2D eigenvalue weighted by Gasteiger charge is -2.23. The minimum absolute atomic E-state index is 0.123. The molecule has 1 atom stereocenters. The average molecular weight is 352 g/mol. The van der Waals surface area contributed by atoms with Gasteiger partial charge in [0.05, 0.1) is 12.4 Å². The normalized spacial score (nSPS) is 18.6. The van der Waals surface area contributed by atoms with Gasteiger partial charge in [-0.1, -0.05) is 20.8 Å². The van der Waals surface area contributed by atoms with Gasteiger partial charge in [-0.3, -0.25) is 4.68 Å². The van der Waals surface area contributed by atoms with Crippen molar-refractivity contribution in [1.82, 2.24) is 19.5 Å². The Hall–Kier alpha value is -1.67. The maximum atomic E-state index is 12.5. The molecule has 0 aliphatic heterocycles. The van der Waals surface area contributed by atoms with Crippen molar-refractivity contribution in [1.29, 1.82) is 0 Å². The van der Waals surface area contributed by atoms with Crippen molar-refractivity contribution in [3.63, 3.8) is 0 Å². The molecule has 0 radical (unpaired) electrons. The van der Waals surface area contributed by atoms with Gasteiger partial charge in [0.25, 0.3) is 15.1 Å². The monoisotopic (exact) mass is 352 g/mol. The summed E-state index contributed by atoms with van der Waals surface area (Å²) < 4.78 is 35.3. The van der Waals surface area contributed by atoms with Crippen LogP contribution in [0.3, 0.4) is 0 Å². The Balaban J connectivity index is 1.75. The molecule has 7 nitrogen and oxygen atoms in total. The van der Waals surface area contributed by atoms with E-state index in [0.29, 0.717) is 12.3 Å². The number of aromatic nitrogens is 3. The third-order valence-corrected chi connectivity index (χ3v) is 5.61. The van der Waals surface area contributed by atoms with E-state index in [1.165, 1.54) is 11.9 Å². The molecule has 3 rings (SSSR count). The number of aryl methyl sites for hydroxylation is 1. The molecule has 2 heterocycles. The second-order valence-electron chi connectivity index (χ2n) is 7.23. The van der Waals surface area contributed by atoms with Gasteiger partial charge in [0.1, 0.15) is 0 Å². The molecule has 1 unspecified atom stereocenters. The Labute approximate surface area is 142 Å². The van der Waals surface area contributed by atoms with E-state index in [1.807, 2.05) is 31.6 Å². The molecule has 0 spiro atoms. The average Bonchev–Trinajstić information content (AvgIpc) is 3.13. The van der Waals surface area contributed by atoms with Crippen molar-refractivity contribution >= 4 is 10.0 Å². The van der Waals surface area contributed by atoms with Crippen molar-refractivity contribution in [3.05, 3.63) is 29.5 Å². The van der Waals surface area contributed by atoms with Crippen LogP contribution in [0.5, 0.6) is 0 Å². The Morgan fingerprint density at radius 3 is 2.75 bits per heavy atom. The van der Waals surface area contributed by atoms with Crippen LogP contribution in [0.25, 0.3) is 0 Å². The Morgan fingerprint density at radius 1 is 1.38 bits per heavy atom. The predicted octanol–water partition coefficient (Wildman–Crippen LogP) is 2.02. The zero-order chi connectivity index (χ0) is 17.5. The molecule has 0 bridgehead atoms. The van der Waals surface area contributed by atoms with E-state index in [9.17, 15) is 8.42 Å². The lowest BCUT2D eigenvalue weighted by Crippen LogP contribution is -2.38. The minimum atomic E-state index is -3.71. The Kier molecular flexibility index (Phi) is 4.29. The lowest BCUT2D eigenvalue weighted by atomic mass is 9.94. The van der Waals surface area contributed by atoms with Gasteiger partial charge in [-0.15, -0.1) is 0 Å². The fraction of sp³-hybridized carbons (Fsp3) is 0.625. The summed E-state index contributed by atoms with van der Waals surface area (Å²) in [7, 11) is -3.71. The smallest absolute Gasteiger partial charge is 0.275 e. The highest BCUT2D eigenvalue weighted by Gasteiger charge is 2.30. The summed E-state index contributed by atoms with van der Waals surface area (Å²) in [6.07, 6.45) is 5.34. The molecule has 132 valence electrons. The molecule has 0 saturated carbocycles. The van der Waals surface area contributed by atoms with Crippen LogP contribution in [0, 0.1) is 0 Å². The molecule has 1 aliphatic carbocycles. The standard InChI is InChI=1S/C16H24N4O3S/c1-5-20-13-7-6-12(8-11(13)9-18-20)19-24(21,22)14-10-17-15(23-14)16(2,3)4/h9-10,12,19H,5-8H2,1-4H3. The maximum absolute atomic E-state index is 12.5. The number of nitrogens with one attached hydrogen (secondary N) is 1. The fourth-order valence-electron chi connectivity index (χ4n) is 2.97. The number of nitrogens with zero attached hydrogens (tertiary/aromatic N) is 3. The van der Waals surface area contributed by atoms with Gasteiger partial charge in [0.2, 0.25) is 5.89 Å². The number of hydrogen-bond donors (Lipinski definition) is 1. The molecule has 1 aliphatic rings. The van der Waals surface area contributed by atoms with Gasteiger partial charge < -0.3 is 4.42 Å². The molecule has 0 amide bonds. The van der Waals surface area contributed by atoms with Crippen molar-refractivity contribution < 1.29 is 12.8 Å². The van der Waals surface area contributed by atoms with E-state index in [1.54, 1.807) is 0 Å². The first-order chi connectivity index (χ1) is 11.2. The van der Waals surface area contributed by atoms with Crippen LogP contribution in [-0.4, -0.2) is 29.2 Å². The second-order valence-corrected chi connectivity index (χ2v) is 8.87. The first-order valence-corrected chi connectivity index (χ1v) is 9.71. The van der Waals surface area contributed by atoms with Crippen molar-refractivity contribution in [3.8, 4) is 0 Å². The maximum Gasteiger partial charge on any atom is 0.275 e. The summed E-state index contributed by atoms with van der Waals surface area (Å²) in [5.41, 5.74) is 1.99. The highest BCUT2D eigenvalue weighted by molar-refractivity contribution is 7.89. The molecule has 24 heavy (non-hydrogen) atoms. The van der Waals surface area contributed by atoms with E-state index < -0.39 is 10.0 Å². The van der Waals surface area contributed by atoms with E-state index in [0.717, 1.165) is 24.9 Å². The number of sulfonamides is 1. The lowest BCUT2D eigenvalue weighted by molar-refractivity contribution is 0.340. The molecule has 1 N–H and O–H groups in total.